The lowest BCUT2D eigenvalue weighted by Crippen LogP contribution is -2.58. The number of anilines is 1. The van der Waals surface area contributed by atoms with Crippen molar-refractivity contribution >= 4 is 46.2 Å². The second-order valence-corrected chi connectivity index (χ2v) is 13.4. The van der Waals surface area contributed by atoms with Crippen molar-refractivity contribution in [2.75, 3.05) is 4.90 Å². The van der Waals surface area contributed by atoms with Gasteiger partial charge in [0.25, 0.3) is 0 Å². The average Bonchev–Trinajstić information content (AvgIpc) is 3.37. The molecule has 1 aliphatic heterocycles. The minimum absolute atomic E-state index is 0.108. The zero-order valence-corrected chi connectivity index (χ0v) is 26.3. The van der Waals surface area contributed by atoms with Crippen molar-refractivity contribution < 1.29 is 28.7 Å². The van der Waals surface area contributed by atoms with Gasteiger partial charge in [-0.05, 0) is 66.3 Å². The molecular formula is C40H29ClFNO5. The molecule has 4 aromatic carbocycles. The Morgan fingerprint density at radius 1 is 0.792 bits per heavy atom. The van der Waals surface area contributed by atoms with Gasteiger partial charge in [-0.1, -0.05) is 96.0 Å². The van der Waals surface area contributed by atoms with E-state index in [2.05, 4.69) is 0 Å². The number of allylic oxidation sites excluding steroid dienone is 4. The lowest BCUT2D eigenvalue weighted by Gasteiger charge is -2.55. The van der Waals surface area contributed by atoms with Crippen LogP contribution in [0, 0.1) is 29.5 Å². The first-order valence-corrected chi connectivity index (χ1v) is 16.3. The van der Waals surface area contributed by atoms with Crippen LogP contribution >= 0.6 is 11.6 Å². The van der Waals surface area contributed by atoms with Crippen molar-refractivity contribution in [2.45, 2.75) is 24.2 Å². The van der Waals surface area contributed by atoms with E-state index in [1.165, 1.54) is 17.0 Å². The second-order valence-electron chi connectivity index (χ2n) is 13.0. The van der Waals surface area contributed by atoms with Crippen molar-refractivity contribution in [3.63, 3.8) is 0 Å². The summed E-state index contributed by atoms with van der Waals surface area (Å²) in [6.45, 7) is 0. The van der Waals surface area contributed by atoms with E-state index >= 15 is 4.39 Å². The number of phenols is 1. The minimum atomic E-state index is -1.56. The summed E-state index contributed by atoms with van der Waals surface area (Å²) in [6, 6.07) is 28.6. The number of carbonyl (C=O) groups excluding carboxylic acids is 4. The number of hydrogen-bond donors (Lipinski definition) is 1. The van der Waals surface area contributed by atoms with Crippen LogP contribution in [0.25, 0.3) is 5.57 Å². The first kappa shape index (κ1) is 30.2. The van der Waals surface area contributed by atoms with Crippen molar-refractivity contribution in [1.82, 2.24) is 0 Å². The van der Waals surface area contributed by atoms with E-state index in [0.29, 0.717) is 27.4 Å². The largest absolute Gasteiger partial charge is 0.505 e. The Morgan fingerprint density at radius 2 is 1.48 bits per heavy atom. The molecular weight excluding hydrogens is 629 g/mol. The minimum Gasteiger partial charge on any atom is -0.505 e. The maximum absolute atomic E-state index is 15.2. The summed E-state index contributed by atoms with van der Waals surface area (Å²) < 4.78 is 15.2. The molecule has 6 nitrogen and oxygen atoms in total. The Balaban J connectivity index is 1.37. The highest BCUT2D eigenvalue weighted by molar-refractivity contribution is 6.32. The summed E-state index contributed by atoms with van der Waals surface area (Å²) in [5.74, 6) is -6.99. The number of benzene rings is 4. The van der Waals surface area contributed by atoms with Crippen molar-refractivity contribution in [3.8, 4) is 5.75 Å². The highest BCUT2D eigenvalue weighted by atomic mass is 35.5. The van der Waals surface area contributed by atoms with E-state index in [-0.39, 0.29) is 41.5 Å². The number of halogens is 2. The monoisotopic (exact) mass is 657 g/mol. The fourth-order valence-electron chi connectivity index (χ4n) is 8.83. The number of ketones is 2. The van der Waals surface area contributed by atoms with Gasteiger partial charge >= 0.3 is 0 Å². The maximum atomic E-state index is 15.2. The fourth-order valence-corrected chi connectivity index (χ4v) is 8.95. The van der Waals surface area contributed by atoms with Gasteiger partial charge in [0.1, 0.15) is 0 Å². The molecule has 1 N–H and O–H groups in total. The van der Waals surface area contributed by atoms with Crippen LogP contribution in [0.4, 0.5) is 10.1 Å². The second kappa shape index (κ2) is 11.2. The standard InChI is InChI=1S/C40H29ClFNO5/c41-24-14-16-25(17-15-24)43-38(47)27-19-18-26-30(34(27)39(43)48)20-31-36(45)29(22-8-3-1-4-9-22)21-33(44)40(31,23-10-5-2-6-11-23)35(26)28-12-7-13-32(42)37(28)46/h1-18,21,27,30-31,34-35,46H,19-20H2. The van der Waals surface area contributed by atoms with Gasteiger partial charge in [-0.25, -0.2) is 4.39 Å². The molecule has 1 heterocycles. The van der Waals surface area contributed by atoms with Crippen molar-refractivity contribution in [3.05, 3.63) is 148 Å². The van der Waals surface area contributed by atoms with E-state index in [9.17, 15) is 24.3 Å². The van der Waals surface area contributed by atoms with Crippen molar-refractivity contribution in [1.29, 1.82) is 0 Å². The van der Waals surface area contributed by atoms with Crippen LogP contribution in [0.2, 0.25) is 5.02 Å². The maximum Gasteiger partial charge on any atom is 0.238 e. The molecule has 3 aliphatic carbocycles. The topological polar surface area (TPSA) is 91.8 Å². The van der Waals surface area contributed by atoms with Crippen LogP contribution in [0.1, 0.15) is 35.4 Å². The van der Waals surface area contributed by atoms with E-state index in [1.54, 1.807) is 78.9 Å². The molecule has 8 heteroatoms. The molecule has 0 radical (unpaired) electrons. The zero-order valence-electron chi connectivity index (χ0n) is 25.6. The van der Waals surface area contributed by atoms with Gasteiger partial charge in [0, 0.05) is 28.0 Å². The number of Topliss-reactive ketones (excluding diaryl/α,β-unsaturated/α-hetero) is 1. The number of aromatic hydroxyl groups is 1. The molecule has 0 spiro atoms. The molecule has 1 saturated carbocycles. The van der Waals surface area contributed by atoms with E-state index < -0.39 is 52.5 Å². The first-order valence-electron chi connectivity index (χ1n) is 16.0. The van der Waals surface area contributed by atoms with Gasteiger partial charge < -0.3 is 5.11 Å². The third kappa shape index (κ3) is 4.23. The summed E-state index contributed by atoms with van der Waals surface area (Å²) in [5.41, 5.74) is 1.05. The van der Waals surface area contributed by atoms with Gasteiger partial charge in [0.15, 0.2) is 23.1 Å². The molecule has 0 bridgehead atoms. The summed E-state index contributed by atoms with van der Waals surface area (Å²) in [6.07, 6.45) is 3.59. The lowest BCUT2D eigenvalue weighted by molar-refractivity contribution is -0.135. The first-order chi connectivity index (χ1) is 23.2. The number of amides is 2. The highest BCUT2D eigenvalue weighted by Gasteiger charge is 2.66. The molecule has 4 aliphatic rings. The average molecular weight is 658 g/mol. The van der Waals surface area contributed by atoms with Gasteiger partial charge in [-0.15, -0.1) is 0 Å². The number of hydrogen-bond acceptors (Lipinski definition) is 5. The normalized spacial score (nSPS) is 28.0. The predicted molar refractivity (Wildman–Crippen MR) is 179 cm³/mol. The number of para-hydroxylation sites is 1. The Bertz CT molecular complexity index is 2080. The van der Waals surface area contributed by atoms with Gasteiger partial charge in [0.2, 0.25) is 11.8 Å². The molecule has 238 valence electrons. The van der Waals surface area contributed by atoms with E-state index in [0.717, 1.165) is 6.07 Å². The van der Waals surface area contributed by atoms with Crippen LogP contribution in [0.5, 0.6) is 5.75 Å². The van der Waals surface area contributed by atoms with Crippen LogP contribution in [0.15, 0.2) is 121 Å². The molecule has 4 aromatic rings. The molecule has 6 atom stereocenters. The summed E-state index contributed by atoms with van der Waals surface area (Å²) in [7, 11) is 0. The zero-order chi connectivity index (χ0) is 33.3. The lowest BCUT2D eigenvalue weighted by atomic mass is 9.44. The Hall–Kier alpha value is -5.14. The smallest absolute Gasteiger partial charge is 0.238 e. The molecule has 6 unspecified atom stereocenters. The van der Waals surface area contributed by atoms with E-state index in [1.807, 2.05) is 18.2 Å². The number of imide groups is 1. The summed E-state index contributed by atoms with van der Waals surface area (Å²) in [4.78, 5) is 59.3. The Kier molecular flexibility index (Phi) is 7.07. The molecule has 8 rings (SSSR count). The number of nitrogens with zero attached hydrogens (tertiary/aromatic N) is 1. The van der Waals surface area contributed by atoms with Crippen LogP contribution < -0.4 is 4.90 Å². The van der Waals surface area contributed by atoms with E-state index in [4.69, 9.17) is 11.6 Å². The molecule has 2 fully saturated rings. The summed E-state index contributed by atoms with van der Waals surface area (Å²) in [5, 5.41) is 11.8. The van der Waals surface area contributed by atoms with Crippen LogP contribution in [0.3, 0.4) is 0 Å². The predicted octanol–water partition coefficient (Wildman–Crippen LogP) is 7.21. The van der Waals surface area contributed by atoms with Crippen molar-refractivity contribution in [2.24, 2.45) is 23.7 Å². The molecule has 1 saturated heterocycles. The SMILES string of the molecule is O=C1C(c2ccccc2)=CC(=O)C2(c3ccccc3)C1CC1C(=CCC3C(=O)N(c4ccc(Cl)cc4)C(=O)C31)C2c1cccc(F)c1O. The van der Waals surface area contributed by atoms with Gasteiger partial charge in [-0.3, -0.25) is 24.1 Å². The Labute approximate surface area is 281 Å². The summed E-state index contributed by atoms with van der Waals surface area (Å²) >= 11 is 6.10. The molecule has 2 amide bonds. The highest BCUT2D eigenvalue weighted by Crippen LogP contribution is 2.64. The number of rotatable bonds is 4. The number of carbonyl (C=O) groups is 4. The third-order valence-corrected chi connectivity index (χ3v) is 11.0. The van der Waals surface area contributed by atoms with Gasteiger partial charge in [-0.2, -0.15) is 0 Å². The Morgan fingerprint density at radius 3 is 2.19 bits per heavy atom. The molecule has 0 aromatic heterocycles. The number of phenolic OH excluding ortho intramolecular Hbond substituents is 1. The quantitative estimate of drug-likeness (QED) is 0.185. The van der Waals surface area contributed by atoms with Crippen LogP contribution in [-0.2, 0) is 24.6 Å². The fraction of sp³-hybridized carbons (Fsp3) is 0.200. The van der Waals surface area contributed by atoms with Gasteiger partial charge in [0.05, 0.1) is 22.9 Å². The number of fused-ring (bicyclic) bond motifs is 4. The third-order valence-electron chi connectivity index (χ3n) is 10.8. The van der Waals surface area contributed by atoms with Crippen LogP contribution in [-0.4, -0.2) is 28.5 Å². The molecule has 48 heavy (non-hydrogen) atoms.